The lowest BCUT2D eigenvalue weighted by atomic mass is 10.0. The third kappa shape index (κ3) is 4.92. The van der Waals surface area contributed by atoms with Crippen molar-refractivity contribution in [2.75, 3.05) is 5.32 Å². The fourth-order valence-corrected chi connectivity index (χ4v) is 3.57. The van der Waals surface area contributed by atoms with E-state index in [2.05, 4.69) is 20.3 Å². The lowest BCUT2D eigenvalue weighted by molar-refractivity contribution is -0.137. The lowest BCUT2D eigenvalue weighted by Crippen LogP contribution is -2.13. The van der Waals surface area contributed by atoms with E-state index in [4.69, 9.17) is 5.73 Å². The van der Waals surface area contributed by atoms with Gasteiger partial charge in [-0.1, -0.05) is 30.3 Å². The number of anilines is 1. The average molecular weight is 451 g/mol. The number of pyridine rings is 1. The van der Waals surface area contributed by atoms with Crippen LogP contribution in [0.25, 0.3) is 10.9 Å². The number of carbonyl (C=O) groups excluding carboxylic acids is 1. The third-order valence-corrected chi connectivity index (χ3v) is 5.27. The Morgan fingerprint density at radius 2 is 1.85 bits per heavy atom. The Hall–Kier alpha value is -4.01. The van der Waals surface area contributed by atoms with Gasteiger partial charge < -0.3 is 11.1 Å². The zero-order valence-electron chi connectivity index (χ0n) is 17.6. The summed E-state index contributed by atoms with van der Waals surface area (Å²) in [5, 5.41) is 4.01. The number of nitrogens with one attached hydrogen (secondary N) is 1. The molecule has 4 rings (SSSR count). The van der Waals surface area contributed by atoms with Crippen LogP contribution in [0, 0.1) is 0 Å². The highest BCUT2D eigenvalue weighted by atomic mass is 19.4. The number of halogens is 3. The summed E-state index contributed by atoms with van der Waals surface area (Å²) < 4.78 is 38.2. The fourth-order valence-electron chi connectivity index (χ4n) is 3.57. The number of alkyl halides is 3. The fraction of sp³-hybridized carbons (Fsp3) is 0.167. The number of fused-ring (bicyclic) bond motifs is 1. The van der Waals surface area contributed by atoms with Gasteiger partial charge in [-0.25, -0.2) is 9.97 Å². The van der Waals surface area contributed by atoms with Crippen molar-refractivity contribution in [3.63, 3.8) is 0 Å². The largest absolute Gasteiger partial charge is 0.417 e. The smallest absolute Gasteiger partial charge is 0.366 e. The van der Waals surface area contributed by atoms with E-state index in [-0.39, 0.29) is 6.04 Å². The second-order valence-corrected chi connectivity index (χ2v) is 7.61. The second-order valence-electron chi connectivity index (χ2n) is 7.61. The van der Waals surface area contributed by atoms with E-state index in [1.807, 2.05) is 37.3 Å². The van der Waals surface area contributed by atoms with Gasteiger partial charge in [0, 0.05) is 29.7 Å². The van der Waals surface area contributed by atoms with Crippen LogP contribution >= 0.6 is 0 Å². The number of carbonyl (C=O) groups is 1. The maximum atomic E-state index is 12.7. The Kier molecular flexibility index (Phi) is 5.95. The van der Waals surface area contributed by atoms with Crippen molar-refractivity contribution in [3.05, 3.63) is 95.1 Å². The molecule has 168 valence electrons. The van der Waals surface area contributed by atoms with E-state index in [9.17, 15) is 18.0 Å². The first kappa shape index (κ1) is 22.2. The summed E-state index contributed by atoms with van der Waals surface area (Å²) in [6, 6.07) is 15.1. The number of rotatable bonds is 6. The molecule has 0 radical (unpaired) electrons. The van der Waals surface area contributed by atoms with E-state index in [1.165, 1.54) is 12.4 Å². The molecular weight excluding hydrogens is 431 g/mol. The summed E-state index contributed by atoms with van der Waals surface area (Å²) in [6.45, 7) is 1.96. The predicted molar refractivity (Wildman–Crippen MR) is 119 cm³/mol. The highest BCUT2D eigenvalue weighted by Gasteiger charge is 2.30. The molecule has 0 saturated heterocycles. The number of primary amides is 1. The molecule has 0 aliphatic rings. The van der Waals surface area contributed by atoms with E-state index in [0.29, 0.717) is 34.4 Å². The van der Waals surface area contributed by atoms with Crippen LogP contribution in [-0.4, -0.2) is 20.9 Å². The van der Waals surface area contributed by atoms with Crippen molar-refractivity contribution >= 4 is 22.6 Å². The number of hydrogen-bond donors (Lipinski definition) is 2. The van der Waals surface area contributed by atoms with Gasteiger partial charge in [0.05, 0.1) is 16.6 Å². The molecular formula is C24H20F3N5O. The standard InChI is InChI=1S/C24H20F3N5O/c1-14(32-23-20-7-3-6-19(22(28)33)21(20)30-13-31-23)16-5-2-4-15(10-16)11-18-9-8-17(12-29-18)24(25,26)27/h2-10,12-14H,11H2,1H3,(H2,28,33)(H,30,31,32)/t14-/m1/s1. The number of nitrogens with zero attached hydrogens (tertiary/aromatic N) is 3. The van der Waals surface area contributed by atoms with Gasteiger partial charge in [-0.2, -0.15) is 13.2 Å². The molecule has 1 atom stereocenters. The van der Waals surface area contributed by atoms with Gasteiger partial charge in [0.25, 0.3) is 5.91 Å². The highest BCUT2D eigenvalue weighted by molar-refractivity contribution is 6.06. The summed E-state index contributed by atoms with van der Waals surface area (Å²) in [7, 11) is 0. The first-order chi connectivity index (χ1) is 15.7. The summed E-state index contributed by atoms with van der Waals surface area (Å²) in [5.74, 6) is -0.00622. The molecule has 3 N–H and O–H groups in total. The molecule has 4 aromatic rings. The minimum atomic E-state index is -4.41. The number of amides is 1. The molecule has 0 spiro atoms. The summed E-state index contributed by atoms with van der Waals surface area (Å²) in [5.41, 5.74) is 7.88. The number of hydrogen-bond acceptors (Lipinski definition) is 5. The molecule has 33 heavy (non-hydrogen) atoms. The molecule has 2 heterocycles. The summed E-state index contributed by atoms with van der Waals surface area (Å²) >= 11 is 0. The Bertz CT molecular complexity index is 1310. The minimum Gasteiger partial charge on any atom is -0.366 e. The molecule has 9 heteroatoms. The number of para-hydroxylation sites is 1. The molecule has 0 aliphatic carbocycles. The van der Waals surface area contributed by atoms with Gasteiger partial charge in [0.15, 0.2) is 0 Å². The Morgan fingerprint density at radius 1 is 1.06 bits per heavy atom. The highest BCUT2D eigenvalue weighted by Crippen LogP contribution is 2.29. The Labute approximate surface area is 187 Å². The van der Waals surface area contributed by atoms with Crippen LogP contribution in [0.2, 0.25) is 0 Å². The van der Waals surface area contributed by atoms with Crippen LogP contribution in [0.15, 0.2) is 67.1 Å². The lowest BCUT2D eigenvalue weighted by Gasteiger charge is -2.17. The minimum absolute atomic E-state index is 0.152. The van der Waals surface area contributed by atoms with E-state index in [0.717, 1.165) is 23.4 Å². The molecule has 0 saturated carbocycles. The maximum Gasteiger partial charge on any atom is 0.417 e. The van der Waals surface area contributed by atoms with Crippen LogP contribution in [0.3, 0.4) is 0 Å². The van der Waals surface area contributed by atoms with Gasteiger partial charge in [0.1, 0.15) is 12.1 Å². The van der Waals surface area contributed by atoms with Crippen LogP contribution in [0.5, 0.6) is 0 Å². The molecule has 2 aromatic heterocycles. The molecule has 0 unspecified atom stereocenters. The average Bonchev–Trinajstić information content (AvgIpc) is 2.79. The molecule has 0 fully saturated rings. The first-order valence-corrected chi connectivity index (χ1v) is 10.1. The van der Waals surface area contributed by atoms with E-state index < -0.39 is 17.6 Å². The van der Waals surface area contributed by atoms with Crippen LogP contribution in [0.4, 0.5) is 19.0 Å². The molecule has 1 amide bonds. The van der Waals surface area contributed by atoms with Gasteiger partial charge in [-0.3, -0.25) is 9.78 Å². The third-order valence-electron chi connectivity index (χ3n) is 5.27. The maximum absolute atomic E-state index is 12.7. The second kappa shape index (κ2) is 8.85. The van der Waals surface area contributed by atoms with E-state index >= 15 is 0 Å². The normalized spacial score (nSPS) is 12.5. The van der Waals surface area contributed by atoms with Crippen molar-refractivity contribution in [3.8, 4) is 0 Å². The predicted octanol–water partition coefficient (Wildman–Crippen LogP) is 4.91. The van der Waals surface area contributed by atoms with Gasteiger partial charge in [-0.15, -0.1) is 0 Å². The first-order valence-electron chi connectivity index (χ1n) is 10.1. The van der Waals surface area contributed by atoms with Gasteiger partial charge in [-0.05, 0) is 42.3 Å². The number of aromatic nitrogens is 3. The monoisotopic (exact) mass is 451 g/mol. The topological polar surface area (TPSA) is 93.8 Å². The van der Waals surface area contributed by atoms with Crippen LogP contribution in [0.1, 0.15) is 45.7 Å². The number of nitrogens with two attached hydrogens (primary N) is 1. The summed E-state index contributed by atoms with van der Waals surface area (Å²) in [6.07, 6.45) is -1.78. The van der Waals surface area contributed by atoms with Crippen molar-refractivity contribution in [2.24, 2.45) is 5.73 Å². The molecule has 2 aromatic carbocycles. The SMILES string of the molecule is C[C@@H](Nc1ncnc2c(C(N)=O)cccc12)c1cccc(Cc2ccc(C(F)(F)F)cn2)c1. The summed E-state index contributed by atoms with van der Waals surface area (Å²) in [4.78, 5) is 24.2. The van der Waals surface area contributed by atoms with Crippen molar-refractivity contribution < 1.29 is 18.0 Å². The quantitative estimate of drug-likeness (QED) is 0.435. The van der Waals surface area contributed by atoms with Crippen LogP contribution < -0.4 is 11.1 Å². The van der Waals surface area contributed by atoms with E-state index in [1.54, 1.807) is 12.1 Å². The zero-order chi connectivity index (χ0) is 23.6. The van der Waals surface area contributed by atoms with Crippen molar-refractivity contribution in [1.29, 1.82) is 0 Å². The van der Waals surface area contributed by atoms with Crippen molar-refractivity contribution in [2.45, 2.75) is 25.6 Å². The number of benzene rings is 2. The molecule has 6 nitrogen and oxygen atoms in total. The molecule has 0 bridgehead atoms. The van der Waals surface area contributed by atoms with Gasteiger partial charge in [0.2, 0.25) is 0 Å². The van der Waals surface area contributed by atoms with Crippen LogP contribution in [-0.2, 0) is 12.6 Å². The van der Waals surface area contributed by atoms with Crippen molar-refractivity contribution in [1.82, 2.24) is 15.0 Å². The Balaban J connectivity index is 1.54. The zero-order valence-corrected chi connectivity index (χ0v) is 17.6. The Morgan fingerprint density at radius 3 is 2.55 bits per heavy atom. The van der Waals surface area contributed by atoms with Gasteiger partial charge >= 0.3 is 6.18 Å². The molecule has 0 aliphatic heterocycles.